The van der Waals surface area contributed by atoms with Crippen LogP contribution in [0.2, 0.25) is 0 Å². The molecule has 2 aromatic rings. The maximum absolute atomic E-state index is 12.6. The summed E-state index contributed by atoms with van der Waals surface area (Å²) in [5.74, 6) is 0.392. The summed E-state index contributed by atoms with van der Waals surface area (Å²) in [6.45, 7) is 0.673. The topological polar surface area (TPSA) is 38.0 Å². The van der Waals surface area contributed by atoms with Crippen LogP contribution in [0.25, 0.3) is 0 Å². The van der Waals surface area contributed by atoms with Crippen molar-refractivity contribution in [3.63, 3.8) is 0 Å². The van der Waals surface area contributed by atoms with Crippen LogP contribution in [0, 0.1) is 0 Å². The first-order chi connectivity index (χ1) is 9.95. The minimum atomic E-state index is -4.36. The van der Waals surface area contributed by atoms with Crippen LogP contribution in [-0.4, -0.2) is 6.54 Å². The molecule has 1 atom stereocenters. The monoisotopic (exact) mass is 292 g/mol. The van der Waals surface area contributed by atoms with Crippen LogP contribution in [0.1, 0.15) is 22.6 Å². The van der Waals surface area contributed by atoms with Crippen molar-refractivity contribution in [1.82, 2.24) is 0 Å². The Labute approximate surface area is 120 Å². The number of nitrogens with one attached hydrogen (secondary N) is 1. The average Bonchev–Trinajstić information content (AvgIpc) is 2.40. The second kappa shape index (κ2) is 4.98. The highest BCUT2D eigenvalue weighted by Crippen LogP contribution is 2.36. The van der Waals surface area contributed by atoms with Gasteiger partial charge in [-0.15, -0.1) is 0 Å². The standard InChI is InChI=1S/C16H15F3N2/c17-16(18,19)12-5-6-15(14(20)8-12)21-9-11-7-10-3-1-2-4-13(10)11/h1-6,8,11,21H,7,9,20H2. The van der Waals surface area contributed by atoms with E-state index < -0.39 is 11.7 Å². The average molecular weight is 292 g/mol. The van der Waals surface area contributed by atoms with Crippen molar-refractivity contribution in [2.75, 3.05) is 17.6 Å². The van der Waals surface area contributed by atoms with Crippen LogP contribution in [0.4, 0.5) is 24.5 Å². The first kappa shape index (κ1) is 13.8. The zero-order valence-corrected chi connectivity index (χ0v) is 11.2. The molecule has 0 aromatic heterocycles. The van der Waals surface area contributed by atoms with Gasteiger partial charge in [-0.25, -0.2) is 0 Å². The van der Waals surface area contributed by atoms with Crippen LogP contribution < -0.4 is 11.1 Å². The van der Waals surface area contributed by atoms with Gasteiger partial charge in [-0.05, 0) is 35.7 Å². The molecule has 0 amide bonds. The second-order valence-corrected chi connectivity index (χ2v) is 5.28. The molecule has 110 valence electrons. The van der Waals surface area contributed by atoms with E-state index in [2.05, 4.69) is 17.4 Å². The maximum Gasteiger partial charge on any atom is 0.416 e. The Morgan fingerprint density at radius 1 is 1.14 bits per heavy atom. The van der Waals surface area contributed by atoms with Gasteiger partial charge in [0.05, 0.1) is 16.9 Å². The molecule has 0 fully saturated rings. The molecule has 0 heterocycles. The van der Waals surface area contributed by atoms with Crippen LogP contribution in [0.3, 0.4) is 0 Å². The lowest BCUT2D eigenvalue weighted by molar-refractivity contribution is -0.137. The fraction of sp³-hybridized carbons (Fsp3) is 0.250. The van der Waals surface area contributed by atoms with E-state index in [4.69, 9.17) is 5.73 Å². The van der Waals surface area contributed by atoms with Crippen molar-refractivity contribution in [1.29, 1.82) is 0 Å². The van der Waals surface area contributed by atoms with E-state index in [0.717, 1.165) is 18.6 Å². The van der Waals surface area contributed by atoms with Gasteiger partial charge in [0.15, 0.2) is 0 Å². The maximum atomic E-state index is 12.6. The quantitative estimate of drug-likeness (QED) is 0.838. The third-order valence-corrected chi connectivity index (χ3v) is 3.88. The van der Waals surface area contributed by atoms with Crippen molar-refractivity contribution in [2.24, 2.45) is 0 Å². The van der Waals surface area contributed by atoms with Gasteiger partial charge < -0.3 is 11.1 Å². The minimum Gasteiger partial charge on any atom is -0.397 e. The molecule has 0 radical (unpaired) electrons. The molecule has 2 aromatic carbocycles. The lowest BCUT2D eigenvalue weighted by Crippen LogP contribution is -2.24. The Bertz CT molecular complexity index is 665. The number of nitrogens with two attached hydrogens (primary N) is 1. The number of anilines is 2. The molecule has 2 nitrogen and oxygen atoms in total. The molecule has 0 saturated heterocycles. The van der Waals surface area contributed by atoms with E-state index >= 15 is 0 Å². The number of benzene rings is 2. The summed E-state index contributed by atoms with van der Waals surface area (Å²) in [7, 11) is 0. The van der Waals surface area contributed by atoms with Gasteiger partial charge in [-0.1, -0.05) is 24.3 Å². The predicted molar refractivity (Wildman–Crippen MR) is 77.2 cm³/mol. The molecule has 3 N–H and O–H groups in total. The molecule has 0 spiro atoms. The molecular weight excluding hydrogens is 277 g/mol. The summed E-state index contributed by atoms with van der Waals surface area (Å²) in [6.07, 6.45) is -3.37. The Hall–Kier alpha value is -2.17. The predicted octanol–water partition coefficient (Wildman–Crippen LogP) is 4.04. The van der Waals surface area contributed by atoms with E-state index in [-0.39, 0.29) is 5.69 Å². The molecule has 0 saturated carbocycles. The number of fused-ring (bicyclic) bond motifs is 1. The van der Waals surface area contributed by atoms with Crippen molar-refractivity contribution < 1.29 is 13.2 Å². The van der Waals surface area contributed by atoms with Crippen molar-refractivity contribution in [3.8, 4) is 0 Å². The van der Waals surface area contributed by atoms with E-state index in [1.807, 2.05) is 12.1 Å². The second-order valence-electron chi connectivity index (χ2n) is 5.28. The summed E-state index contributed by atoms with van der Waals surface area (Å²) < 4.78 is 37.7. The fourth-order valence-electron chi connectivity index (χ4n) is 2.68. The number of halogens is 3. The zero-order valence-electron chi connectivity index (χ0n) is 11.2. The van der Waals surface area contributed by atoms with Crippen LogP contribution in [0.5, 0.6) is 0 Å². The van der Waals surface area contributed by atoms with Gasteiger partial charge in [-0.3, -0.25) is 0 Å². The lowest BCUT2D eigenvalue weighted by Gasteiger charge is -2.30. The van der Waals surface area contributed by atoms with Crippen molar-refractivity contribution in [3.05, 3.63) is 59.2 Å². The molecule has 1 aliphatic rings. The third-order valence-electron chi connectivity index (χ3n) is 3.88. The van der Waals surface area contributed by atoms with Crippen LogP contribution in [0.15, 0.2) is 42.5 Å². The number of rotatable bonds is 3. The first-order valence-corrected chi connectivity index (χ1v) is 6.73. The SMILES string of the molecule is Nc1cc(C(F)(F)F)ccc1NCC1Cc2ccccc21. The smallest absolute Gasteiger partial charge is 0.397 e. The Kier molecular flexibility index (Phi) is 3.27. The number of hydrogen-bond donors (Lipinski definition) is 2. The van der Waals surface area contributed by atoms with Gasteiger partial charge in [0, 0.05) is 12.5 Å². The molecule has 1 aliphatic carbocycles. The summed E-state index contributed by atoms with van der Waals surface area (Å²) in [5, 5.41) is 3.14. The summed E-state index contributed by atoms with van der Waals surface area (Å²) >= 11 is 0. The summed E-state index contributed by atoms with van der Waals surface area (Å²) in [6, 6.07) is 11.6. The minimum absolute atomic E-state index is 0.123. The van der Waals surface area contributed by atoms with Gasteiger partial charge >= 0.3 is 6.18 Å². The largest absolute Gasteiger partial charge is 0.416 e. The molecule has 0 aliphatic heterocycles. The first-order valence-electron chi connectivity index (χ1n) is 6.73. The summed E-state index contributed by atoms with van der Waals surface area (Å²) in [5.41, 5.74) is 8.28. The van der Waals surface area contributed by atoms with Gasteiger partial charge in [-0.2, -0.15) is 13.2 Å². The van der Waals surface area contributed by atoms with Gasteiger partial charge in [0.1, 0.15) is 0 Å². The van der Waals surface area contributed by atoms with E-state index in [1.165, 1.54) is 17.2 Å². The van der Waals surface area contributed by atoms with E-state index in [0.29, 0.717) is 18.2 Å². The normalized spacial score (nSPS) is 17.0. The van der Waals surface area contributed by atoms with E-state index in [1.54, 1.807) is 0 Å². The molecule has 1 unspecified atom stereocenters. The molecule has 21 heavy (non-hydrogen) atoms. The Morgan fingerprint density at radius 2 is 1.90 bits per heavy atom. The zero-order chi connectivity index (χ0) is 15.0. The van der Waals surface area contributed by atoms with Crippen LogP contribution >= 0.6 is 0 Å². The van der Waals surface area contributed by atoms with Crippen molar-refractivity contribution >= 4 is 11.4 Å². The highest BCUT2D eigenvalue weighted by molar-refractivity contribution is 5.67. The molecular formula is C16H15F3N2. The highest BCUT2D eigenvalue weighted by Gasteiger charge is 2.31. The molecule has 0 bridgehead atoms. The molecule has 5 heteroatoms. The van der Waals surface area contributed by atoms with Gasteiger partial charge in [0.25, 0.3) is 0 Å². The number of alkyl halides is 3. The third kappa shape index (κ3) is 2.68. The van der Waals surface area contributed by atoms with Crippen LogP contribution in [-0.2, 0) is 12.6 Å². The highest BCUT2D eigenvalue weighted by atomic mass is 19.4. The fourth-order valence-corrected chi connectivity index (χ4v) is 2.68. The number of nitrogen functional groups attached to an aromatic ring is 1. The summed E-state index contributed by atoms with van der Waals surface area (Å²) in [4.78, 5) is 0. The Balaban J connectivity index is 1.67. The Morgan fingerprint density at radius 3 is 2.57 bits per heavy atom. The van der Waals surface area contributed by atoms with E-state index in [9.17, 15) is 13.2 Å². The molecule has 3 rings (SSSR count). The number of hydrogen-bond acceptors (Lipinski definition) is 2. The van der Waals surface area contributed by atoms with Gasteiger partial charge in [0.2, 0.25) is 0 Å². The lowest BCUT2D eigenvalue weighted by atomic mass is 9.77. The van der Waals surface area contributed by atoms with Crippen molar-refractivity contribution in [2.45, 2.75) is 18.5 Å².